The maximum Gasteiger partial charge on any atom is 0.226 e. The summed E-state index contributed by atoms with van der Waals surface area (Å²) in [6.07, 6.45) is 3.26. The average molecular weight is 343 g/mol. The summed E-state index contributed by atoms with van der Waals surface area (Å²) in [7, 11) is -2.96. The summed E-state index contributed by atoms with van der Waals surface area (Å²) < 4.78 is 22.8. The van der Waals surface area contributed by atoms with Crippen LogP contribution in [0.2, 0.25) is 0 Å². The van der Waals surface area contributed by atoms with Crippen molar-refractivity contribution in [3.8, 4) is 0 Å². The van der Waals surface area contributed by atoms with Gasteiger partial charge in [-0.15, -0.1) is 11.3 Å². The van der Waals surface area contributed by atoms with E-state index >= 15 is 0 Å². The molecule has 2 saturated heterocycles. The molecule has 0 radical (unpaired) electrons. The first-order chi connectivity index (χ1) is 10.5. The molecule has 3 rings (SSSR count). The van der Waals surface area contributed by atoms with Gasteiger partial charge < -0.3 is 5.32 Å². The second kappa shape index (κ2) is 6.64. The molecule has 2 fully saturated rings. The number of thiazole rings is 1. The molecule has 0 bridgehead atoms. The molecule has 1 atom stereocenters. The number of likely N-dealkylation sites (tertiary alicyclic amines) is 1. The van der Waals surface area contributed by atoms with Gasteiger partial charge in [0.2, 0.25) is 5.91 Å². The number of hydrogen-bond acceptors (Lipinski definition) is 6. The van der Waals surface area contributed by atoms with Crippen molar-refractivity contribution in [2.24, 2.45) is 0 Å². The number of carbonyl (C=O) groups excluding carboxylic acids is 1. The van der Waals surface area contributed by atoms with Crippen molar-refractivity contribution in [1.29, 1.82) is 0 Å². The lowest BCUT2D eigenvalue weighted by Gasteiger charge is -2.11. The molecule has 0 aliphatic carbocycles. The van der Waals surface area contributed by atoms with Crippen LogP contribution in [0.4, 0.5) is 0 Å². The first kappa shape index (κ1) is 15.9. The van der Waals surface area contributed by atoms with Crippen LogP contribution in [0.1, 0.15) is 30.0 Å². The largest absolute Gasteiger partial charge is 0.352 e. The van der Waals surface area contributed by atoms with Crippen LogP contribution in [0.5, 0.6) is 0 Å². The minimum atomic E-state index is -2.96. The Kier molecular flexibility index (Phi) is 4.79. The molecule has 6 nitrogen and oxygen atoms in total. The second-order valence-electron chi connectivity index (χ2n) is 6.06. The third-order valence-electron chi connectivity index (χ3n) is 4.10. The Balaban J connectivity index is 1.48. The van der Waals surface area contributed by atoms with Crippen molar-refractivity contribution in [3.63, 3.8) is 0 Å². The molecule has 1 amide bonds. The molecule has 2 aliphatic heterocycles. The van der Waals surface area contributed by atoms with E-state index < -0.39 is 9.84 Å². The van der Waals surface area contributed by atoms with Crippen LogP contribution in [0.25, 0.3) is 0 Å². The zero-order chi connectivity index (χ0) is 15.6. The Morgan fingerprint density at radius 2 is 2.18 bits per heavy atom. The van der Waals surface area contributed by atoms with Crippen molar-refractivity contribution >= 4 is 27.1 Å². The van der Waals surface area contributed by atoms with Gasteiger partial charge >= 0.3 is 0 Å². The summed E-state index contributed by atoms with van der Waals surface area (Å²) in [5.41, 5.74) is 0.776. The Bertz CT molecular complexity index is 636. The molecule has 0 spiro atoms. The van der Waals surface area contributed by atoms with Crippen LogP contribution >= 0.6 is 11.3 Å². The van der Waals surface area contributed by atoms with E-state index in [2.05, 4.69) is 15.2 Å². The van der Waals surface area contributed by atoms with Crippen LogP contribution in [-0.4, -0.2) is 54.8 Å². The fourth-order valence-corrected chi connectivity index (χ4v) is 5.50. The van der Waals surface area contributed by atoms with Gasteiger partial charge in [-0.25, -0.2) is 13.4 Å². The predicted molar refractivity (Wildman–Crippen MR) is 85.5 cm³/mol. The Morgan fingerprint density at radius 1 is 1.41 bits per heavy atom. The second-order valence-corrected chi connectivity index (χ2v) is 9.23. The normalized spacial score (nSPS) is 24.6. The van der Waals surface area contributed by atoms with E-state index in [1.54, 1.807) is 11.3 Å². The van der Waals surface area contributed by atoms with E-state index in [0.717, 1.165) is 30.3 Å². The first-order valence-electron chi connectivity index (χ1n) is 7.66. The van der Waals surface area contributed by atoms with E-state index in [4.69, 9.17) is 0 Å². The minimum Gasteiger partial charge on any atom is -0.352 e. The fraction of sp³-hybridized carbons (Fsp3) is 0.714. The van der Waals surface area contributed by atoms with Gasteiger partial charge in [-0.3, -0.25) is 9.69 Å². The number of nitrogens with one attached hydrogen (secondary N) is 1. The molecule has 1 unspecified atom stereocenters. The number of aromatic nitrogens is 1. The molecular weight excluding hydrogens is 322 g/mol. The molecule has 0 saturated carbocycles. The quantitative estimate of drug-likeness (QED) is 0.846. The molecule has 0 aromatic carbocycles. The minimum absolute atomic E-state index is 0.0655. The van der Waals surface area contributed by atoms with Gasteiger partial charge in [0, 0.05) is 11.4 Å². The fourth-order valence-electron chi connectivity index (χ4n) is 2.99. The summed E-state index contributed by atoms with van der Waals surface area (Å²) in [5.74, 6) is 0.102. The number of rotatable bonds is 5. The van der Waals surface area contributed by atoms with Gasteiger partial charge in [-0.1, -0.05) is 0 Å². The summed E-state index contributed by atoms with van der Waals surface area (Å²) in [5, 5.41) is 5.78. The van der Waals surface area contributed by atoms with Crippen molar-refractivity contribution in [1.82, 2.24) is 15.2 Å². The highest BCUT2D eigenvalue weighted by molar-refractivity contribution is 7.91. The average Bonchev–Trinajstić information content (AvgIpc) is 3.14. The van der Waals surface area contributed by atoms with Crippen molar-refractivity contribution in [2.75, 3.05) is 24.6 Å². The van der Waals surface area contributed by atoms with E-state index in [1.165, 1.54) is 12.8 Å². The van der Waals surface area contributed by atoms with Gasteiger partial charge in [0.15, 0.2) is 9.84 Å². The van der Waals surface area contributed by atoms with Crippen molar-refractivity contribution in [2.45, 2.75) is 38.3 Å². The topological polar surface area (TPSA) is 79.4 Å². The number of carbonyl (C=O) groups is 1. The number of amides is 1. The van der Waals surface area contributed by atoms with Gasteiger partial charge in [-0.2, -0.15) is 0 Å². The van der Waals surface area contributed by atoms with Gasteiger partial charge in [0.1, 0.15) is 5.01 Å². The van der Waals surface area contributed by atoms with Crippen LogP contribution in [-0.2, 0) is 27.6 Å². The van der Waals surface area contributed by atoms with E-state index in [1.807, 2.05) is 5.38 Å². The first-order valence-corrected chi connectivity index (χ1v) is 10.4. The highest BCUT2D eigenvalue weighted by atomic mass is 32.2. The van der Waals surface area contributed by atoms with Gasteiger partial charge in [0.05, 0.1) is 30.2 Å². The van der Waals surface area contributed by atoms with E-state index in [-0.39, 0.29) is 29.9 Å². The van der Waals surface area contributed by atoms with Crippen LogP contribution in [0.15, 0.2) is 5.38 Å². The standard InChI is InChI=1S/C14H21N3O3S2/c18-13(15-11-3-6-22(19,20)10-11)7-12-9-21-14(16-12)8-17-4-1-2-5-17/h9,11H,1-8,10H2,(H,15,18). The molecule has 22 heavy (non-hydrogen) atoms. The van der Waals surface area contributed by atoms with Crippen molar-refractivity contribution in [3.05, 3.63) is 16.1 Å². The SMILES string of the molecule is O=C(Cc1csc(CN2CCCC2)n1)NC1CCS(=O)(=O)C1. The molecule has 2 aliphatic rings. The lowest BCUT2D eigenvalue weighted by atomic mass is 10.2. The highest BCUT2D eigenvalue weighted by Crippen LogP contribution is 2.17. The molecule has 3 heterocycles. The van der Waals surface area contributed by atoms with E-state index in [9.17, 15) is 13.2 Å². The highest BCUT2D eigenvalue weighted by Gasteiger charge is 2.28. The summed E-state index contributed by atoms with van der Waals surface area (Å²) in [6.45, 7) is 3.13. The predicted octanol–water partition coefficient (Wildman–Crippen LogP) is 0.585. The smallest absolute Gasteiger partial charge is 0.226 e. The molecule has 1 N–H and O–H groups in total. The van der Waals surface area contributed by atoms with E-state index in [0.29, 0.717) is 6.42 Å². The maximum absolute atomic E-state index is 12.0. The molecule has 122 valence electrons. The summed E-state index contributed by atoms with van der Waals surface area (Å²) in [6, 6.07) is -0.236. The van der Waals surface area contributed by atoms with Crippen molar-refractivity contribution < 1.29 is 13.2 Å². The zero-order valence-corrected chi connectivity index (χ0v) is 14.1. The Morgan fingerprint density at radius 3 is 2.86 bits per heavy atom. The summed E-state index contributed by atoms with van der Waals surface area (Å²) in [4.78, 5) is 18.9. The third kappa shape index (κ3) is 4.27. The van der Waals surface area contributed by atoms with Crippen LogP contribution in [0, 0.1) is 0 Å². The maximum atomic E-state index is 12.0. The van der Waals surface area contributed by atoms with Crippen LogP contribution < -0.4 is 5.32 Å². The number of hydrogen-bond donors (Lipinski definition) is 1. The van der Waals surface area contributed by atoms with Gasteiger partial charge in [0.25, 0.3) is 0 Å². The van der Waals surface area contributed by atoms with Crippen LogP contribution in [0.3, 0.4) is 0 Å². The number of nitrogens with zero attached hydrogens (tertiary/aromatic N) is 2. The third-order valence-corrected chi connectivity index (χ3v) is 6.75. The van der Waals surface area contributed by atoms with Gasteiger partial charge in [-0.05, 0) is 32.4 Å². The molecule has 8 heteroatoms. The lowest BCUT2D eigenvalue weighted by Crippen LogP contribution is -2.36. The Labute approximate surface area is 134 Å². The molecule has 1 aromatic heterocycles. The zero-order valence-electron chi connectivity index (χ0n) is 12.5. The molecular formula is C14H21N3O3S2. The summed E-state index contributed by atoms with van der Waals surface area (Å²) >= 11 is 1.59. The number of sulfone groups is 1. The molecule has 1 aromatic rings. The monoisotopic (exact) mass is 343 g/mol. The lowest BCUT2D eigenvalue weighted by molar-refractivity contribution is -0.121. The Hall–Kier alpha value is -0.990.